The van der Waals surface area contributed by atoms with Gasteiger partial charge >= 0.3 is 11.9 Å². The van der Waals surface area contributed by atoms with Crippen LogP contribution in [0.15, 0.2) is 36.4 Å². The summed E-state index contributed by atoms with van der Waals surface area (Å²) >= 11 is 0. The van der Waals surface area contributed by atoms with Crippen molar-refractivity contribution in [1.82, 2.24) is 0 Å². The molecule has 0 aliphatic carbocycles. The van der Waals surface area contributed by atoms with Crippen molar-refractivity contribution >= 4 is 44.3 Å². The molecule has 0 saturated heterocycles. The summed E-state index contributed by atoms with van der Waals surface area (Å²) in [5.74, 6) is 0.671. The normalized spacial score (nSPS) is 11.4. The van der Waals surface area contributed by atoms with Crippen molar-refractivity contribution in [1.29, 1.82) is 0 Å². The Labute approximate surface area is 239 Å². The van der Waals surface area contributed by atoms with E-state index in [4.69, 9.17) is 9.47 Å². The molecule has 4 rings (SSSR count). The summed E-state index contributed by atoms with van der Waals surface area (Å²) in [6.45, 7) is 11.9. The van der Waals surface area contributed by atoms with Crippen LogP contribution in [0.25, 0.3) is 32.3 Å². The highest BCUT2D eigenvalue weighted by Crippen LogP contribution is 2.41. The van der Waals surface area contributed by atoms with Crippen LogP contribution < -0.4 is 9.47 Å². The van der Waals surface area contributed by atoms with E-state index in [9.17, 15) is 9.59 Å². The molecule has 4 aromatic rings. The summed E-state index contributed by atoms with van der Waals surface area (Å²) < 4.78 is 11.5. The maximum atomic E-state index is 12.8. The average molecular weight is 541 g/mol. The fraction of sp³-hybridized carbons (Fsp3) is 0.444. The number of hydrogen-bond acceptors (Lipinski definition) is 4. The quantitative estimate of drug-likeness (QED) is 0.0776. The summed E-state index contributed by atoms with van der Waals surface area (Å²) in [6, 6.07) is 12.6. The monoisotopic (exact) mass is 540 g/mol. The van der Waals surface area contributed by atoms with Crippen LogP contribution in [0.2, 0.25) is 0 Å². The van der Waals surface area contributed by atoms with E-state index in [2.05, 4.69) is 45.0 Å². The fourth-order valence-corrected chi connectivity index (χ4v) is 5.66. The topological polar surface area (TPSA) is 52.6 Å². The first kappa shape index (κ1) is 29.6. The van der Waals surface area contributed by atoms with Gasteiger partial charge < -0.3 is 9.47 Å². The molecule has 0 aliphatic heterocycles. The Hall–Kier alpha value is -3.40. The summed E-state index contributed by atoms with van der Waals surface area (Å²) in [4.78, 5) is 24.6. The molecule has 0 spiro atoms. The lowest BCUT2D eigenvalue weighted by Gasteiger charge is -2.17. The number of unbranched alkanes of at least 4 members (excludes halogenated alkanes) is 8. The lowest BCUT2D eigenvalue weighted by Crippen LogP contribution is -2.08. The molecule has 0 fully saturated rings. The molecule has 0 heterocycles. The second-order valence-electron chi connectivity index (χ2n) is 11.5. The second-order valence-corrected chi connectivity index (χ2v) is 11.5. The molecule has 4 nitrogen and oxygen atoms in total. The van der Waals surface area contributed by atoms with Crippen LogP contribution in [-0.4, -0.2) is 11.9 Å². The van der Waals surface area contributed by atoms with E-state index >= 15 is 0 Å². The van der Waals surface area contributed by atoms with Gasteiger partial charge in [-0.15, -0.1) is 0 Å². The van der Waals surface area contributed by atoms with E-state index in [0.29, 0.717) is 17.9 Å². The van der Waals surface area contributed by atoms with Gasteiger partial charge in [0.2, 0.25) is 0 Å². The van der Waals surface area contributed by atoms with Gasteiger partial charge in [0.25, 0.3) is 0 Å². The molecule has 0 amide bonds. The molecule has 0 N–H and O–H groups in total. The zero-order valence-electron chi connectivity index (χ0n) is 25.2. The van der Waals surface area contributed by atoms with Gasteiger partial charge in [-0.05, 0) is 113 Å². The summed E-state index contributed by atoms with van der Waals surface area (Å²) in [6.07, 6.45) is 11.4. The molecular weight excluding hydrogens is 496 g/mol. The van der Waals surface area contributed by atoms with Gasteiger partial charge in [0.15, 0.2) is 0 Å². The summed E-state index contributed by atoms with van der Waals surface area (Å²) in [7, 11) is 0. The second kappa shape index (κ2) is 13.3. The number of carbonyl (C=O) groups excluding carboxylic acids is 2. The lowest BCUT2D eigenvalue weighted by atomic mass is 9.90. The van der Waals surface area contributed by atoms with E-state index in [-0.39, 0.29) is 11.9 Å². The van der Waals surface area contributed by atoms with Gasteiger partial charge in [-0.3, -0.25) is 9.59 Å². The molecule has 4 aromatic carbocycles. The van der Waals surface area contributed by atoms with Crippen LogP contribution in [0.1, 0.15) is 100 Å². The number of fused-ring (bicyclic) bond motifs is 6. The van der Waals surface area contributed by atoms with E-state index in [1.807, 2.05) is 26.0 Å². The van der Waals surface area contributed by atoms with Crippen LogP contribution in [0.5, 0.6) is 11.5 Å². The Balaban J connectivity index is 1.62. The minimum atomic E-state index is -0.337. The predicted octanol–water partition coefficient (Wildman–Crippen LogP) is 10.1. The van der Waals surface area contributed by atoms with Crippen molar-refractivity contribution in [3.05, 3.63) is 58.7 Å². The number of aryl methyl sites for hydroxylation is 4. The largest absolute Gasteiger partial charge is 0.426 e. The van der Waals surface area contributed by atoms with Gasteiger partial charge in [0.05, 0.1) is 0 Å². The number of carbonyl (C=O) groups is 2. The van der Waals surface area contributed by atoms with Crippen LogP contribution in [-0.2, 0) is 9.59 Å². The Morgan fingerprint density at radius 1 is 0.525 bits per heavy atom. The third-order valence-corrected chi connectivity index (χ3v) is 8.10. The standard InChI is InChI=1S/C36H44O4/c1-7-8-9-10-11-12-13-14-15-16-36(38)40-35-22-33-30(20-26(35)5)28-17-23(2)24(3)18-29(28)32-21-34(39-27(6)37)25(4)19-31(32)33/h17-22H,7-16H2,1-6H3. The minimum absolute atomic E-state index is 0.171. The molecule has 0 aliphatic rings. The van der Waals surface area contributed by atoms with Crippen molar-refractivity contribution < 1.29 is 19.1 Å². The van der Waals surface area contributed by atoms with E-state index in [1.165, 1.54) is 63.0 Å². The summed E-state index contributed by atoms with van der Waals surface area (Å²) in [5, 5.41) is 6.48. The number of rotatable bonds is 12. The van der Waals surface area contributed by atoms with Gasteiger partial charge in [0.1, 0.15) is 11.5 Å². The van der Waals surface area contributed by atoms with Gasteiger partial charge in [-0.2, -0.15) is 0 Å². The van der Waals surface area contributed by atoms with Crippen molar-refractivity contribution in [2.45, 2.75) is 106 Å². The SMILES string of the molecule is CCCCCCCCCCCC(=O)Oc1cc2c3cc(C)c(OC(C)=O)cc3c3cc(C)c(C)cc3c2cc1C. The van der Waals surface area contributed by atoms with Crippen LogP contribution in [0.4, 0.5) is 0 Å². The predicted molar refractivity (Wildman–Crippen MR) is 167 cm³/mol. The molecular formula is C36H44O4. The first-order valence-electron chi connectivity index (χ1n) is 15.0. The lowest BCUT2D eigenvalue weighted by molar-refractivity contribution is -0.134. The maximum absolute atomic E-state index is 12.8. The minimum Gasteiger partial charge on any atom is -0.426 e. The van der Waals surface area contributed by atoms with E-state index in [0.717, 1.165) is 56.3 Å². The van der Waals surface area contributed by atoms with Gasteiger partial charge in [-0.25, -0.2) is 0 Å². The molecule has 212 valence electrons. The zero-order chi connectivity index (χ0) is 28.8. The molecule has 4 heteroatoms. The molecule has 40 heavy (non-hydrogen) atoms. The van der Waals surface area contributed by atoms with Crippen molar-refractivity contribution in [2.75, 3.05) is 0 Å². The van der Waals surface area contributed by atoms with E-state index < -0.39 is 0 Å². The first-order chi connectivity index (χ1) is 19.2. The Bertz CT molecular complexity index is 1550. The zero-order valence-corrected chi connectivity index (χ0v) is 25.2. The third kappa shape index (κ3) is 6.83. The Morgan fingerprint density at radius 2 is 0.900 bits per heavy atom. The molecule has 0 aromatic heterocycles. The average Bonchev–Trinajstić information content (AvgIpc) is 2.90. The van der Waals surface area contributed by atoms with Crippen LogP contribution in [0, 0.1) is 27.7 Å². The van der Waals surface area contributed by atoms with Crippen molar-refractivity contribution in [3.63, 3.8) is 0 Å². The maximum Gasteiger partial charge on any atom is 0.311 e. The molecule has 0 unspecified atom stereocenters. The van der Waals surface area contributed by atoms with Crippen LogP contribution >= 0.6 is 0 Å². The number of esters is 2. The van der Waals surface area contributed by atoms with Crippen LogP contribution in [0.3, 0.4) is 0 Å². The molecule has 0 bridgehead atoms. The number of benzene rings is 4. The van der Waals surface area contributed by atoms with Gasteiger partial charge in [-0.1, -0.05) is 70.4 Å². The fourth-order valence-electron chi connectivity index (χ4n) is 5.66. The highest BCUT2D eigenvalue weighted by molar-refractivity contribution is 6.26. The van der Waals surface area contributed by atoms with Crippen molar-refractivity contribution in [3.8, 4) is 11.5 Å². The molecule has 0 radical (unpaired) electrons. The van der Waals surface area contributed by atoms with E-state index in [1.54, 1.807) is 0 Å². The summed E-state index contributed by atoms with van der Waals surface area (Å²) in [5.41, 5.74) is 4.26. The smallest absolute Gasteiger partial charge is 0.311 e. The number of hydrogen-bond donors (Lipinski definition) is 0. The first-order valence-corrected chi connectivity index (χ1v) is 15.0. The molecule has 0 atom stereocenters. The Morgan fingerprint density at radius 3 is 1.35 bits per heavy atom. The molecule has 0 saturated carbocycles. The van der Waals surface area contributed by atoms with Crippen molar-refractivity contribution in [2.24, 2.45) is 0 Å². The Kier molecular flexibility index (Phi) is 9.84. The highest BCUT2D eigenvalue weighted by Gasteiger charge is 2.17. The number of ether oxygens (including phenoxy) is 2. The van der Waals surface area contributed by atoms with Gasteiger partial charge in [0, 0.05) is 13.3 Å². The third-order valence-electron chi connectivity index (χ3n) is 8.10. The highest BCUT2D eigenvalue weighted by atomic mass is 16.5.